The number of halogens is 6. The van der Waals surface area contributed by atoms with Crippen LogP contribution in [-0.4, -0.2) is 248 Å². The molecular formula is C68H84F6N8O22. The normalized spacial score (nSPS) is 33.8. The molecule has 5 heterocycles. The molecule has 30 nitrogen and oxygen atoms in total. The van der Waals surface area contributed by atoms with Gasteiger partial charge in [0.25, 0.3) is 0 Å². The Balaban J connectivity index is 0.825. The van der Waals surface area contributed by atoms with E-state index in [1.165, 1.54) is 19.1 Å². The average molecular weight is 1480 g/mol. The van der Waals surface area contributed by atoms with Gasteiger partial charge in [-0.3, -0.25) is 9.59 Å². The van der Waals surface area contributed by atoms with Crippen LogP contribution in [-0.2, 0) is 52.3 Å². The number of aliphatic carboxylic acids is 1. The van der Waals surface area contributed by atoms with Gasteiger partial charge in [-0.05, 0) is 87.3 Å². The summed E-state index contributed by atoms with van der Waals surface area (Å²) in [5.74, 6) is -16.4. The minimum absolute atomic E-state index is 0.0239. The number of amides is 2. The third-order valence-electron chi connectivity index (χ3n) is 20.5. The lowest BCUT2D eigenvalue weighted by molar-refractivity contribution is -0.349. The second kappa shape index (κ2) is 34.1. The lowest BCUT2D eigenvalue weighted by Crippen LogP contribution is -2.64. The summed E-state index contributed by atoms with van der Waals surface area (Å²) in [5, 5.41) is 133. The van der Waals surface area contributed by atoms with Gasteiger partial charge in [0.05, 0.1) is 61.6 Å². The number of ether oxygens (including phenoxy) is 8. The van der Waals surface area contributed by atoms with Crippen LogP contribution in [0.2, 0.25) is 0 Å². The second-order valence-corrected chi connectivity index (χ2v) is 27.3. The van der Waals surface area contributed by atoms with Crippen molar-refractivity contribution < 1.29 is 134 Å². The fourth-order valence-corrected chi connectivity index (χ4v) is 14.7. The lowest BCUT2D eigenvalue weighted by atomic mass is 9.75. The topological polar surface area (TPSA) is 430 Å². The number of carbonyl (C=O) groups is 4. The fraction of sp³-hybridized carbons (Fsp3) is 0.618. The number of benzene rings is 3. The van der Waals surface area contributed by atoms with Gasteiger partial charge < -0.3 is 99.6 Å². The second-order valence-electron chi connectivity index (χ2n) is 27.3. The van der Waals surface area contributed by atoms with Crippen molar-refractivity contribution in [2.45, 2.75) is 213 Å². The summed E-state index contributed by atoms with van der Waals surface area (Å²) in [4.78, 5) is 56.3. The number of aliphatic hydroxyl groups is 9. The van der Waals surface area contributed by atoms with Gasteiger partial charge in [0.15, 0.2) is 66.0 Å². The van der Waals surface area contributed by atoms with Crippen LogP contribution in [0.1, 0.15) is 107 Å². The number of aromatic nitrogens is 6. The van der Waals surface area contributed by atoms with Gasteiger partial charge in [-0.1, -0.05) is 74.1 Å². The number of carboxylic acid groups (broad SMARTS) is 1. The Labute approximate surface area is 590 Å². The van der Waals surface area contributed by atoms with E-state index in [0.29, 0.717) is 37.1 Å². The molecule has 6 fully saturated rings. The molecular weight excluding hydrogens is 1390 g/mol. The first-order valence-corrected chi connectivity index (χ1v) is 34.5. The highest BCUT2D eigenvalue weighted by Crippen LogP contribution is 2.43. The van der Waals surface area contributed by atoms with Crippen LogP contribution in [0, 0.1) is 58.6 Å². The van der Waals surface area contributed by atoms with Crippen LogP contribution in [0.15, 0.2) is 67.0 Å². The molecule has 12 N–H and O–H groups in total. The molecule has 2 aromatic heterocycles. The number of rotatable bonds is 25. The molecule has 3 aromatic carbocycles. The number of carbonyl (C=O) groups excluding carboxylic acids is 3. The van der Waals surface area contributed by atoms with Gasteiger partial charge in [-0.25, -0.2) is 45.3 Å². The highest BCUT2D eigenvalue weighted by molar-refractivity contribution is 5.89. The summed E-state index contributed by atoms with van der Waals surface area (Å²) in [5.41, 5.74) is -0.996. The van der Waals surface area contributed by atoms with E-state index in [-0.39, 0.29) is 85.6 Å². The monoisotopic (exact) mass is 1480 g/mol. The number of carboxylic acids is 1. The van der Waals surface area contributed by atoms with Crippen LogP contribution < -0.4 is 10.6 Å². The van der Waals surface area contributed by atoms with Crippen molar-refractivity contribution in [1.82, 2.24) is 40.6 Å². The van der Waals surface area contributed by atoms with E-state index in [0.717, 1.165) is 41.0 Å². The molecule has 11 rings (SSSR count). The Kier molecular flexibility index (Phi) is 25.5. The molecule has 3 saturated heterocycles. The van der Waals surface area contributed by atoms with Crippen molar-refractivity contribution in [3.05, 3.63) is 107 Å². The summed E-state index contributed by atoms with van der Waals surface area (Å²) in [6.45, 7) is 0.855. The Hall–Kier alpha value is -7.24. The molecule has 15 unspecified atom stereocenters. The Morgan fingerprint density at radius 1 is 0.596 bits per heavy atom. The van der Waals surface area contributed by atoms with Gasteiger partial charge in [0.1, 0.15) is 78.5 Å². The van der Waals surface area contributed by atoms with E-state index in [1.54, 1.807) is 25.1 Å². The minimum Gasteiger partial charge on any atom is -0.479 e. The molecule has 0 radical (unpaired) electrons. The molecule has 6 aliphatic rings. The molecule has 3 aliphatic carbocycles. The van der Waals surface area contributed by atoms with Gasteiger partial charge in [-0.2, -0.15) is 0 Å². The minimum atomic E-state index is -1.98. The third-order valence-corrected chi connectivity index (χ3v) is 20.5. The first-order chi connectivity index (χ1) is 49.7. The lowest BCUT2D eigenvalue weighted by Gasteiger charge is -2.48. The molecule has 3 saturated carbocycles. The van der Waals surface area contributed by atoms with E-state index in [1.807, 2.05) is 0 Å². The van der Waals surface area contributed by atoms with Crippen LogP contribution in [0.25, 0.3) is 22.5 Å². The van der Waals surface area contributed by atoms with Crippen molar-refractivity contribution in [2.75, 3.05) is 26.3 Å². The zero-order chi connectivity index (χ0) is 74.5. The molecule has 0 spiro atoms. The SMILES string of the molecule is CCC1CC(C(=O)NCCNC(=O)C2CC(n3cc(-c4cc(F)c(F)c(F)c4)nn3)C(O)[C@H](O[C@@H]3OC(CO)[C@H](O)C(n4cc(-c5cc(F)c(F)c(F)c5)nn4)C3O)C2)C[C@@H](O[C@@H]2OC(CO)[C@H](O)C(O[C@@H](CC3CCCCC3)C(=O)O)C2OC(=O)c2ccccc2)C1O[C@@H]1OC(C)[C@@H](O)C(O)C1O. The van der Waals surface area contributed by atoms with E-state index >= 15 is 0 Å². The summed E-state index contributed by atoms with van der Waals surface area (Å²) in [7, 11) is 0. The standard InChI is InChI=1S/C68H84F6N8O22/c1-3-31-17-35(24-45(59(31)104-67-58(91)57(90)52(85)29(2)97-67)100-68-61(103-65(96)32-12-8-5-9-13-32)60(55(88)48(28-84)102-68)98-46(64(94)95)16-30-10-6-4-7-11-30)62(92)75-14-15-76-63(93)36-22-43(81-25-41(77-79-81)33-18-37(69)49(73)38(70)19-33)53(86)44(23-36)99-66-56(89)51(54(87)47(27-83)101-66)82-26-42(78-80-82)34-20-39(71)50(74)40(72)21-34/h5,8-9,12-13,18-21,25-26,29-31,35-36,43-48,51-61,66-68,83-91H,3-4,6-7,10-11,14-17,22-24,27-28H2,1-2H3,(H,75,92)(H,76,93)(H,94,95)/t29?,31?,35?,36?,43?,44-,45-,46+,47?,48?,51?,52-,53?,54+,55+,56?,57?,58?,59?,60?,61?,66-,67+,68-/m1/s1. The van der Waals surface area contributed by atoms with Crippen molar-refractivity contribution >= 4 is 23.8 Å². The highest BCUT2D eigenvalue weighted by atomic mass is 19.2. The van der Waals surface area contributed by atoms with E-state index in [4.69, 9.17) is 37.9 Å². The molecule has 3 aliphatic heterocycles. The summed E-state index contributed by atoms with van der Waals surface area (Å²) >= 11 is 0. The first-order valence-electron chi connectivity index (χ1n) is 34.5. The number of nitrogens with one attached hydrogen (secondary N) is 2. The summed E-state index contributed by atoms with van der Waals surface area (Å²) in [6.07, 6.45) is -25.5. The molecule has 24 atom stereocenters. The molecule has 5 aromatic rings. The van der Waals surface area contributed by atoms with Crippen molar-refractivity contribution in [1.29, 1.82) is 0 Å². The van der Waals surface area contributed by atoms with Crippen molar-refractivity contribution in [3.63, 3.8) is 0 Å². The third kappa shape index (κ3) is 17.2. The fourth-order valence-electron chi connectivity index (χ4n) is 14.7. The first kappa shape index (κ1) is 77.8. The maximum atomic E-state index is 14.6. The maximum absolute atomic E-state index is 14.6. The Bertz CT molecular complexity index is 3710. The predicted molar refractivity (Wildman–Crippen MR) is 340 cm³/mol. The molecule has 36 heteroatoms. The maximum Gasteiger partial charge on any atom is 0.338 e. The molecule has 104 heavy (non-hydrogen) atoms. The average Bonchev–Trinajstić information content (AvgIpc) is 1.66. The van der Waals surface area contributed by atoms with E-state index < -0.39 is 218 Å². The van der Waals surface area contributed by atoms with E-state index in [9.17, 15) is 96.6 Å². The van der Waals surface area contributed by atoms with Crippen LogP contribution in [0.5, 0.6) is 0 Å². The zero-order valence-electron chi connectivity index (χ0n) is 56.2. The Morgan fingerprint density at radius 3 is 1.72 bits per heavy atom. The number of esters is 1. The summed E-state index contributed by atoms with van der Waals surface area (Å²) < 4.78 is 137. The molecule has 2 amide bonds. The molecule has 0 bridgehead atoms. The zero-order valence-corrected chi connectivity index (χ0v) is 56.2. The number of aliphatic hydroxyl groups excluding tert-OH is 9. The quantitative estimate of drug-likeness (QED) is 0.0171. The number of hydrogen-bond acceptors (Lipinski definition) is 25. The van der Waals surface area contributed by atoms with Gasteiger partial charge in [0, 0.05) is 36.1 Å². The van der Waals surface area contributed by atoms with Gasteiger partial charge in [0.2, 0.25) is 11.8 Å². The predicted octanol–water partition coefficient (Wildman–Crippen LogP) is 1.79. The smallest absolute Gasteiger partial charge is 0.338 e. The van der Waals surface area contributed by atoms with Crippen molar-refractivity contribution in [3.8, 4) is 22.5 Å². The number of nitrogens with zero attached hydrogens (tertiary/aromatic N) is 6. The van der Waals surface area contributed by atoms with E-state index in [2.05, 4.69) is 31.3 Å². The van der Waals surface area contributed by atoms with Gasteiger partial charge >= 0.3 is 11.9 Å². The van der Waals surface area contributed by atoms with Gasteiger partial charge in [-0.15, -0.1) is 10.2 Å². The van der Waals surface area contributed by atoms with Crippen LogP contribution in [0.3, 0.4) is 0 Å². The largest absolute Gasteiger partial charge is 0.479 e. The number of hydrogen-bond donors (Lipinski definition) is 12. The van der Waals surface area contributed by atoms with Crippen LogP contribution >= 0.6 is 0 Å². The van der Waals surface area contributed by atoms with Crippen LogP contribution in [0.4, 0.5) is 26.3 Å². The van der Waals surface area contributed by atoms with Crippen molar-refractivity contribution in [2.24, 2.45) is 23.7 Å². The molecule has 570 valence electrons. The highest BCUT2D eigenvalue weighted by Gasteiger charge is 2.55. The summed E-state index contributed by atoms with van der Waals surface area (Å²) in [6, 6.07) is 7.25. The Morgan fingerprint density at radius 2 is 1.13 bits per heavy atom.